The molecular formula is C9H9BrCl2O3S. The second kappa shape index (κ2) is 4.82. The van der Waals surface area contributed by atoms with E-state index in [0.717, 1.165) is 6.26 Å². The maximum Gasteiger partial charge on any atom is 0.228 e. The van der Waals surface area contributed by atoms with Crippen LogP contribution < -0.4 is 0 Å². The van der Waals surface area contributed by atoms with E-state index in [9.17, 15) is 13.5 Å². The van der Waals surface area contributed by atoms with Crippen molar-refractivity contribution in [1.82, 2.24) is 0 Å². The van der Waals surface area contributed by atoms with Gasteiger partial charge in [0, 0.05) is 11.3 Å². The summed E-state index contributed by atoms with van der Waals surface area (Å²) in [6, 6.07) is 6.21. The molecule has 1 N–H and O–H groups in total. The Morgan fingerprint density at radius 2 is 2.06 bits per heavy atom. The van der Waals surface area contributed by atoms with Crippen molar-refractivity contribution in [3.8, 4) is 0 Å². The smallest absolute Gasteiger partial charge is 0.228 e. The van der Waals surface area contributed by atoms with E-state index in [1.54, 1.807) is 18.2 Å². The number of alkyl halides is 2. The third kappa shape index (κ3) is 2.90. The van der Waals surface area contributed by atoms with Crippen molar-refractivity contribution >= 4 is 49.0 Å². The molecule has 1 aromatic rings. The molecule has 90 valence electrons. The van der Waals surface area contributed by atoms with Crippen LogP contribution in [0.25, 0.3) is 0 Å². The van der Waals surface area contributed by atoms with Gasteiger partial charge in [0.25, 0.3) is 0 Å². The monoisotopic (exact) mass is 346 g/mol. The van der Waals surface area contributed by atoms with E-state index < -0.39 is 19.1 Å². The molecular weight excluding hydrogens is 339 g/mol. The summed E-state index contributed by atoms with van der Waals surface area (Å²) in [6.07, 6.45) is -0.481. The number of halogens is 3. The molecule has 0 aliphatic carbocycles. The van der Waals surface area contributed by atoms with Crippen LogP contribution in [0.5, 0.6) is 0 Å². The maximum absolute atomic E-state index is 11.4. The zero-order chi connectivity index (χ0) is 12.6. The standard InChI is InChI=1S/C9H9BrCl2O3S/c1-16(14,15)9(10,12)8(13)6-3-2-4-7(11)5-6/h2-5,8,13H,1H3/t8-,9+/m0/s1. The van der Waals surface area contributed by atoms with Crippen molar-refractivity contribution in [2.24, 2.45) is 0 Å². The van der Waals surface area contributed by atoms with E-state index in [-0.39, 0.29) is 0 Å². The van der Waals surface area contributed by atoms with Crippen molar-refractivity contribution in [3.63, 3.8) is 0 Å². The van der Waals surface area contributed by atoms with Gasteiger partial charge in [0.2, 0.25) is 3.12 Å². The molecule has 0 saturated heterocycles. The summed E-state index contributed by atoms with van der Waals surface area (Å²) < 4.78 is 20.8. The first-order valence-corrected chi connectivity index (χ1v) is 7.61. The molecule has 3 nitrogen and oxygen atoms in total. The molecule has 0 aliphatic rings. The second-order valence-electron chi connectivity index (χ2n) is 3.29. The molecule has 1 rings (SSSR count). The number of hydrogen-bond donors (Lipinski definition) is 1. The zero-order valence-corrected chi connectivity index (χ0v) is 12.1. The van der Waals surface area contributed by atoms with Gasteiger partial charge in [-0.2, -0.15) is 0 Å². The van der Waals surface area contributed by atoms with Crippen LogP contribution in [-0.4, -0.2) is 22.9 Å². The Bertz CT molecular complexity index is 487. The van der Waals surface area contributed by atoms with Crippen LogP contribution in [0.15, 0.2) is 24.3 Å². The van der Waals surface area contributed by atoms with Crippen molar-refractivity contribution < 1.29 is 13.5 Å². The Balaban J connectivity index is 3.17. The Kier molecular flexibility index (Phi) is 4.29. The molecule has 1 aromatic carbocycles. The van der Waals surface area contributed by atoms with Gasteiger partial charge < -0.3 is 5.11 Å². The van der Waals surface area contributed by atoms with Gasteiger partial charge in [0.05, 0.1) is 0 Å². The number of benzene rings is 1. The first-order chi connectivity index (χ1) is 7.16. The Labute approximate surface area is 112 Å². The number of aliphatic hydroxyl groups is 1. The van der Waals surface area contributed by atoms with Crippen molar-refractivity contribution in [2.75, 3.05) is 6.26 Å². The van der Waals surface area contributed by atoms with Crippen molar-refractivity contribution in [2.45, 2.75) is 9.22 Å². The van der Waals surface area contributed by atoms with Crippen molar-refractivity contribution in [1.29, 1.82) is 0 Å². The summed E-state index contributed by atoms with van der Waals surface area (Å²) in [5.74, 6) is 0. The van der Waals surface area contributed by atoms with Crippen LogP contribution in [0.4, 0.5) is 0 Å². The van der Waals surface area contributed by atoms with E-state index in [1.807, 2.05) is 0 Å². The molecule has 0 bridgehead atoms. The lowest BCUT2D eigenvalue weighted by Crippen LogP contribution is -2.32. The van der Waals surface area contributed by atoms with Gasteiger partial charge in [-0.15, -0.1) is 0 Å². The largest absolute Gasteiger partial charge is 0.385 e. The lowest BCUT2D eigenvalue weighted by atomic mass is 10.1. The van der Waals surface area contributed by atoms with Gasteiger partial charge in [-0.1, -0.05) is 35.3 Å². The first-order valence-electron chi connectivity index (χ1n) is 4.17. The van der Waals surface area contributed by atoms with Crippen LogP contribution in [0, 0.1) is 0 Å². The molecule has 0 saturated carbocycles. The second-order valence-corrected chi connectivity index (χ2v) is 8.97. The first kappa shape index (κ1) is 14.3. The topological polar surface area (TPSA) is 54.4 Å². The minimum absolute atomic E-state index is 0.324. The van der Waals surface area contributed by atoms with E-state index in [2.05, 4.69) is 15.9 Å². The van der Waals surface area contributed by atoms with Crippen LogP contribution in [0.3, 0.4) is 0 Å². The highest BCUT2D eigenvalue weighted by molar-refractivity contribution is 9.12. The Morgan fingerprint density at radius 1 is 1.50 bits per heavy atom. The fourth-order valence-electron chi connectivity index (χ4n) is 1.07. The zero-order valence-electron chi connectivity index (χ0n) is 8.19. The normalized spacial score (nSPS) is 17.8. The number of hydrogen-bond acceptors (Lipinski definition) is 3. The van der Waals surface area contributed by atoms with E-state index in [1.165, 1.54) is 6.07 Å². The molecule has 2 atom stereocenters. The van der Waals surface area contributed by atoms with E-state index in [4.69, 9.17) is 23.2 Å². The summed E-state index contributed by atoms with van der Waals surface area (Å²) in [5.41, 5.74) is 0.324. The molecule has 7 heteroatoms. The maximum atomic E-state index is 11.4. The molecule has 0 fully saturated rings. The molecule has 16 heavy (non-hydrogen) atoms. The van der Waals surface area contributed by atoms with Gasteiger partial charge in [-0.05, 0) is 33.6 Å². The predicted molar refractivity (Wildman–Crippen MR) is 68.8 cm³/mol. The van der Waals surface area contributed by atoms with Gasteiger partial charge in [0.15, 0.2) is 9.84 Å². The van der Waals surface area contributed by atoms with Crippen LogP contribution in [0.2, 0.25) is 5.02 Å². The lowest BCUT2D eigenvalue weighted by molar-refractivity contribution is 0.185. The molecule has 0 unspecified atom stereocenters. The summed E-state index contributed by atoms with van der Waals surface area (Å²) in [7, 11) is -3.67. The predicted octanol–water partition coefficient (Wildman–Crippen LogP) is 2.71. The number of rotatable bonds is 3. The summed E-state index contributed by atoms with van der Waals surface area (Å²) in [4.78, 5) is 0. The van der Waals surface area contributed by atoms with Gasteiger partial charge in [0.1, 0.15) is 6.10 Å². The highest BCUT2D eigenvalue weighted by atomic mass is 79.9. The van der Waals surface area contributed by atoms with Gasteiger partial charge >= 0.3 is 0 Å². The lowest BCUT2D eigenvalue weighted by Gasteiger charge is -2.24. The fourth-order valence-corrected chi connectivity index (χ4v) is 2.20. The highest BCUT2D eigenvalue weighted by Crippen LogP contribution is 2.42. The molecule has 0 spiro atoms. The molecule has 0 aromatic heterocycles. The Morgan fingerprint density at radius 3 is 2.50 bits per heavy atom. The minimum Gasteiger partial charge on any atom is -0.385 e. The van der Waals surface area contributed by atoms with E-state index >= 15 is 0 Å². The van der Waals surface area contributed by atoms with Crippen LogP contribution in [0.1, 0.15) is 11.7 Å². The minimum atomic E-state index is -3.67. The molecule has 0 radical (unpaired) electrons. The fraction of sp³-hybridized carbons (Fsp3) is 0.333. The SMILES string of the molecule is CS(=O)(=O)[C@@](Cl)(Br)[C@@H](O)c1cccc(Cl)c1. The summed E-state index contributed by atoms with van der Waals surface area (Å²) in [5, 5.41) is 10.3. The van der Waals surface area contributed by atoms with Crippen molar-refractivity contribution in [3.05, 3.63) is 34.9 Å². The summed E-state index contributed by atoms with van der Waals surface area (Å²) in [6.45, 7) is 0. The number of sulfone groups is 1. The average Bonchev–Trinajstić information content (AvgIpc) is 2.14. The van der Waals surface area contributed by atoms with Gasteiger partial charge in [-0.25, -0.2) is 8.42 Å². The third-order valence-electron chi connectivity index (χ3n) is 1.98. The average molecular weight is 348 g/mol. The van der Waals surface area contributed by atoms with Gasteiger partial charge in [-0.3, -0.25) is 0 Å². The molecule has 0 amide bonds. The molecule has 0 heterocycles. The van der Waals surface area contributed by atoms with Crippen LogP contribution in [-0.2, 0) is 9.84 Å². The summed E-state index contributed by atoms with van der Waals surface area (Å²) >= 11 is 14.3. The quantitative estimate of drug-likeness (QED) is 0.855. The third-order valence-corrected chi connectivity index (χ3v) is 6.67. The number of aliphatic hydroxyl groups excluding tert-OH is 1. The molecule has 0 aliphatic heterocycles. The van der Waals surface area contributed by atoms with Crippen LogP contribution >= 0.6 is 39.1 Å². The highest BCUT2D eigenvalue weighted by Gasteiger charge is 2.44. The Hall–Kier alpha value is 0.190. The van der Waals surface area contributed by atoms with E-state index in [0.29, 0.717) is 10.6 Å².